The zero-order valence-electron chi connectivity index (χ0n) is 10.9. The van der Waals surface area contributed by atoms with E-state index in [2.05, 4.69) is 32.3 Å². The topological polar surface area (TPSA) is 29.5 Å². The number of carbonyl (C=O) groups is 1. The molecule has 0 aromatic rings. The molecule has 0 spiro atoms. The van der Waals surface area contributed by atoms with Crippen molar-refractivity contribution in [2.24, 2.45) is 5.41 Å². The minimum atomic E-state index is -0.286. The lowest BCUT2D eigenvalue weighted by molar-refractivity contribution is -0.139. The summed E-state index contributed by atoms with van der Waals surface area (Å²) in [5.41, 5.74) is 0.854. The van der Waals surface area contributed by atoms with Crippen molar-refractivity contribution in [2.45, 2.75) is 40.2 Å². The first-order valence-electron chi connectivity index (χ1n) is 5.88. The van der Waals surface area contributed by atoms with Crippen molar-refractivity contribution >= 4 is 5.97 Å². The average molecular weight is 225 g/mol. The van der Waals surface area contributed by atoms with Crippen LogP contribution in [0, 0.1) is 5.41 Å². The molecule has 3 nitrogen and oxygen atoms in total. The van der Waals surface area contributed by atoms with Gasteiger partial charge in [0, 0.05) is 24.7 Å². The van der Waals surface area contributed by atoms with Crippen molar-refractivity contribution in [1.29, 1.82) is 0 Å². The van der Waals surface area contributed by atoms with Crippen LogP contribution in [0.5, 0.6) is 0 Å². The second-order valence-corrected chi connectivity index (χ2v) is 5.60. The first-order chi connectivity index (χ1) is 7.32. The monoisotopic (exact) mass is 225 g/mol. The third-order valence-electron chi connectivity index (χ3n) is 3.06. The minimum Gasteiger partial charge on any atom is -0.461 e. The summed E-state index contributed by atoms with van der Waals surface area (Å²) in [7, 11) is 0. The third-order valence-corrected chi connectivity index (χ3v) is 3.06. The highest BCUT2D eigenvalue weighted by Crippen LogP contribution is 2.33. The highest BCUT2D eigenvalue weighted by Gasteiger charge is 2.34. The fraction of sp³-hybridized carbons (Fsp3) is 0.769. The molecule has 1 aliphatic heterocycles. The van der Waals surface area contributed by atoms with Crippen molar-refractivity contribution in [3.05, 3.63) is 12.2 Å². The van der Waals surface area contributed by atoms with Crippen LogP contribution in [-0.4, -0.2) is 36.6 Å². The van der Waals surface area contributed by atoms with E-state index in [-0.39, 0.29) is 5.97 Å². The largest absolute Gasteiger partial charge is 0.461 e. The minimum absolute atomic E-state index is 0.286. The molecule has 0 N–H and O–H groups in total. The van der Waals surface area contributed by atoms with Crippen LogP contribution < -0.4 is 0 Å². The zero-order chi connectivity index (χ0) is 12.3. The molecule has 1 rings (SSSR count). The number of likely N-dealkylation sites (tertiary alicyclic amines) is 1. The molecule has 0 aromatic carbocycles. The molecule has 92 valence electrons. The van der Waals surface area contributed by atoms with Crippen LogP contribution in [0.2, 0.25) is 0 Å². The second kappa shape index (κ2) is 5.00. The molecule has 1 atom stereocenters. The zero-order valence-corrected chi connectivity index (χ0v) is 10.9. The van der Waals surface area contributed by atoms with E-state index in [0.29, 0.717) is 23.6 Å². The summed E-state index contributed by atoms with van der Waals surface area (Å²) in [5, 5.41) is 0. The Bertz CT molecular complexity index is 284. The molecule has 16 heavy (non-hydrogen) atoms. The first-order valence-corrected chi connectivity index (χ1v) is 5.88. The van der Waals surface area contributed by atoms with Crippen molar-refractivity contribution in [2.75, 3.05) is 19.7 Å². The normalized spacial score (nSPS) is 24.4. The van der Waals surface area contributed by atoms with E-state index in [9.17, 15) is 4.79 Å². The Hall–Kier alpha value is -0.830. The highest BCUT2D eigenvalue weighted by atomic mass is 16.5. The average Bonchev–Trinajstić information content (AvgIpc) is 2.39. The van der Waals surface area contributed by atoms with Crippen LogP contribution in [0.3, 0.4) is 0 Å². The summed E-state index contributed by atoms with van der Waals surface area (Å²) in [6, 6.07) is 0.582. The van der Waals surface area contributed by atoms with E-state index in [1.807, 2.05) is 0 Å². The Morgan fingerprint density at radius 1 is 1.56 bits per heavy atom. The molecule has 1 unspecified atom stereocenters. The van der Waals surface area contributed by atoms with Crippen LogP contribution in [0.25, 0.3) is 0 Å². The molecule has 0 bridgehead atoms. The van der Waals surface area contributed by atoms with Gasteiger partial charge in [0.25, 0.3) is 0 Å². The van der Waals surface area contributed by atoms with Gasteiger partial charge in [0.05, 0.1) is 0 Å². The van der Waals surface area contributed by atoms with Crippen molar-refractivity contribution in [3.63, 3.8) is 0 Å². The van der Waals surface area contributed by atoms with E-state index in [1.54, 1.807) is 6.92 Å². The van der Waals surface area contributed by atoms with Crippen LogP contribution in [0.1, 0.15) is 34.1 Å². The van der Waals surface area contributed by atoms with E-state index in [0.717, 1.165) is 13.1 Å². The number of hydrogen-bond acceptors (Lipinski definition) is 3. The van der Waals surface area contributed by atoms with Gasteiger partial charge in [0.2, 0.25) is 0 Å². The van der Waals surface area contributed by atoms with Crippen LogP contribution in [0.4, 0.5) is 0 Å². The number of rotatable bonds is 4. The number of ether oxygens (including phenoxy) is 1. The summed E-state index contributed by atoms with van der Waals surface area (Å²) < 4.78 is 5.10. The van der Waals surface area contributed by atoms with Crippen LogP contribution >= 0.6 is 0 Å². The van der Waals surface area contributed by atoms with Gasteiger partial charge in [-0.2, -0.15) is 0 Å². The smallest absolute Gasteiger partial charge is 0.333 e. The molecule has 3 heteroatoms. The van der Waals surface area contributed by atoms with Crippen molar-refractivity contribution < 1.29 is 9.53 Å². The van der Waals surface area contributed by atoms with Gasteiger partial charge < -0.3 is 4.74 Å². The third kappa shape index (κ3) is 3.63. The molecule has 0 saturated carbocycles. The predicted molar refractivity (Wildman–Crippen MR) is 65.2 cm³/mol. The molecule has 1 heterocycles. The van der Waals surface area contributed by atoms with E-state index in [4.69, 9.17) is 4.74 Å². The molecule has 0 aromatic heterocycles. The van der Waals surface area contributed by atoms with E-state index in [1.165, 1.54) is 6.42 Å². The SMILES string of the molecule is C=C(C)C(=O)OCCN1CC(C)(C)CC1C. The fourth-order valence-electron chi connectivity index (χ4n) is 2.38. The van der Waals surface area contributed by atoms with Crippen LogP contribution in [-0.2, 0) is 9.53 Å². The molecular weight excluding hydrogens is 202 g/mol. The van der Waals surface area contributed by atoms with Gasteiger partial charge in [0.15, 0.2) is 0 Å². The van der Waals surface area contributed by atoms with E-state index >= 15 is 0 Å². The van der Waals surface area contributed by atoms with Gasteiger partial charge in [-0.15, -0.1) is 0 Å². The van der Waals surface area contributed by atoms with Crippen LogP contribution in [0.15, 0.2) is 12.2 Å². The van der Waals surface area contributed by atoms with Gasteiger partial charge in [-0.1, -0.05) is 20.4 Å². The molecule has 0 radical (unpaired) electrons. The molecule has 0 amide bonds. The highest BCUT2D eigenvalue weighted by molar-refractivity contribution is 5.86. The number of nitrogens with zero attached hydrogens (tertiary/aromatic N) is 1. The maximum absolute atomic E-state index is 11.2. The summed E-state index contributed by atoms with van der Waals surface area (Å²) in [5.74, 6) is -0.286. The van der Waals surface area contributed by atoms with Crippen molar-refractivity contribution in [3.8, 4) is 0 Å². The molecule has 1 fully saturated rings. The number of esters is 1. The lowest BCUT2D eigenvalue weighted by Crippen LogP contribution is -2.32. The summed E-state index contributed by atoms with van der Waals surface area (Å²) >= 11 is 0. The molecule has 0 aliphatic carbocycles. The lowest BCUT2D eigenvalue weighted by atomic mass is 9.91. The first kappa shape index (κ1) is 13.2. The van der Waals surface area contributed by atoms with Gasteiger partial charge in [-0.05, 0) is 25.7 Å². The number of carbonyl (C=O) groups excluding carboxylic acids is 1. The Kier molecular flexibility index (Phi) is 4.14. The molecular formula is C13H23NO2. The maximum Gasteiger partial charge on any atom is 0.333 e. The second-order valence-electron chi connectivity index (χ2n) is 5.60. The Balaban J connectivity index is 2.29. The van der Waals surface area contributed by atoms with Gasteiger partial charge >= 0.3 is 5.97 Å². The standard InChI is InChI=1S/C13H23NO2/c1-10(2)12(15)16-7-6-14-9-13(4,5)8-11(14)3/h11H,1,6-9H2,2-5H3. The summed E-state index contributed by atoms with van der Waals surface area (Å²) in [6.07, 6.45) is 1.21. The summed E-state index contributed by atoms with van der Waals surface area (Å²) in [6.45, 7) is 14.4. The Morgan fingerprint density at radius 2 is 2.19 bits per heavy atom. The summed E-state index contributed by atoms with van der Waals surface area (Å²) in [4.78, 5) is 13.6. The molecule has 1 saturated heterocycles. The van der Waals surface area contributed by atoms with Gasteiger partial charge in [0.1, 0.15) is 6.61 Å². The number of hydrogen-bond donors (Lipinski definition) is 0. The lowest BCUT2D eigenvalue weighted by Gasteiger charge is -2.21. The quantitative estimate of drug-likeness (QED) is 0.543. The van der Waals surface area contributed by atoms with E-state index < -0.39 is 0 Å². The Morgan fingerprint density at radius 3 is 2.62 bits per heavy atom. The van der Waals surface area contributed by atoms with Crippen molar-refractivity contribution in [1.82, 2.24) is 4.90 Å². The predicted octanol–water partition coefficient (Wildman–Crippen LogP) is 2.23. The van der Waals surface area contributed by atoms with Gasteiger partial charge in [-0.3, -0.25) is 4.90 Å². The fourth-order valence-corrected chi connectivity index (χ4v) is 2.38. The van der Waals surface area contributed by atoms with Gasteiger partial charge in [-0.25, -0.2) is 4.79 Å². The molecule has 1 aliphatic rings. The maximum atomic E-state index is 11.2. The Labute approximate surface area is 98.5 Å².